The highest BCUT2D eigenvalue weighted by molar-refractivity contribution is 6.15. The van der Waals surface area contributed by atoms with Crippen molar-refractivity contribution >= 4 is 17.4 Å². The Balaban J connectivity index is 2.13. The number of rotatable bonds is 3. The van der Waals surface area contributed by atoms with Crippen LogP contribution in [0, 0.1) is 22.7 Å². The average molecular weight is 380 g/mol. The highest BCUT2D eigenvalue weighted by Gasteiger charge is 2.60. The van der Waals surface area contributed by atoms with Crippen molar-refractivity contribution in [3.8, 4) is 12.1 Å². The molecule has 2 aliphatic rings. The lowest BCUT2D eigenvalue weighted by Gasteiger charge is -2.33. The second kappa shape index (κ2) is 6.70. The molecule has 1 amide bonds. The minimum absolute atomic E-state index is 0.0402. The van der Waals surface area contributed by atoms with E-state index in [1.807, 2.05) is 12.1 Å². The van der Waals surface area contributed by atoms with Crippen molar-refractivity contribution in [2.45, 2.75) is 5.41 Å². The first-order valence-electron chi connectivity index (χ1n) is 8.92. The second-order valence-electron chi connectivity index (χ2n) is 6.61. The van der Waals surface area contributed by atoms with Crippen LogP contribution in [0.4, 0.5) is 5.69 Å². The molecule has 140 valence electrons. The fraction of sp³-hybridized carbons (Fsp3) is 0.0870. The van der Waals surface area contributed by atoms with Crippen LogP contribution < -0.4 is 10.6 Å². The summed E-state index contributed by atoms with van der Waals surface area (Å²) in [7, 11) is 0. The molecule has 2 aromatic rings. The van der Waals surface area contributed by atoms with Gasteiger partial charge in [-0.1, -0.05) is 54.6 Å². The first kappa shape index (κ1) is 18.1. The van der Waals surface area contributed by atoms with Gasteiger partial charge in [0.15, 0.2) is 11.2 Å². The molecule has 4 rings (SSSR count). The third kappa shape index (κ3) is 2.30. The molecule has 2 aliphatic heterocycles. The molecule has 0 radical (unpaired) electrons. The van der Waals surface area contributed by atoms with Crippen LogP contribution in [-0.2, 0) is 14.9 Å². The average Bonchev–Trinajstić information content (AvgIpc) is 2.98. The highest BCUT2D eigenvalue weighted by Crippen LogP contribution is 2.54. The van der Waals surface area contributed by atoms with Crippen molar-refractivity contribution in [2.24, 2.45) is 5.73 Å². The Kier molecular flexibility index (Phi) is 4.18. The first-order valence-corrected chi connectivity index (χ1v) is 8.92. The molecule has 0 fully saturated rings. The van der Waals surface area contributed by atoms with Gasteiger partial charge in [-0.15, -0.1) is 6.58 Å². The number of para-hydroxylation sites is 1. The van der Waals surface area contributed by atoms with Crippen LogP contribution >= 0.6 is 0 Å². The zero-order chi connectivity index (χ0) is 20.6. The van der Waals surface area contributed by atoms with Crippen LogP contribution in [0.3, 0.4) is 0 Å². The topological polar surface area (TPSA) is 103 Å². The van der Waals surface area contributed by atoms with Crippen molar-refractivity contribution in [3.05, 3.63) is 95.4 Å². The molecule has 2 N–H and O–H groups in total. The lowest BCUT2D eigenvalue weighted by Crippen LogP contribution is -2.46. The Labute approximate surface area is 168 Å². The number of fused-ring (bicyclic) bond motifs is 2. The van der Waals surface area contributed by atoms with Gasteiger partial charge < -0.3 is 15.4 Å². The number of nitrogens with two attached hydrogens (primary N) is 1. The van der Waals surface area contributed by atoms with Gasteiger partial charge in [-0.2, -0.15) is 10.5 Å². The molecule has 0 aliphatic carbocycles. The predicted molar refractivity (Wildman–Crippen MR) is 108 cm³/mol. The summed E-state index contributed by atoms with van der Waals surface area (Å²) >= 11 is 0. The number of hydrogen-bond donors (Lipinski definition) is 1. The number of amides is 1. The van der Waals surface area contributed by atoms with Gasteiger partial charge in [0.2, 0.25) is 11.8 Å². The number of ether oxygens (including phenoxy) is 1. The summed E-state index contributed by atoms with van der Waals surface area (Å²) in [5, 5.41) is 20.1. The normalized spacial score (nSPS) is 20.2. The maximum atomic E-state index is 13.8. The number of carbonyl (C=O) groups excluding carboxylic acids is 1. The van der Waals surface area contributed by atoms with Gasteiger partial charge >= 0.3 is 0 Å². The van der Waals surface area contributed by atoms with Crippen molar-refractivity contribution in [1.82, 2.24) is 0 Å². The van der Waals surface area contributed by atoms with Crippen molar-refractivity contribution in [3.63, 3.8) is 0 Å². The zero-order valence-electron chi connectivity index (χ0n) is 15.4. The fourth-order valence-corrected chi connectivity index (χ4v) is 4.01. The van der Waals surface area contributed by atoms with Gasteiger partial charge in [0.05, 0.1) is 5.57 Å². The summed E-state index contributed by atoms with van der Waals surface area (Å²) in [6, 6.07) is 20.2. The summed E-state index contributed by atoms with van der Waals surface area (Å²) in [4.78, 5) is 15.3. The van der Waals surface area contributed by atoms with E-state index in [1.165, 1.54) is 4.90 Å². The molecule has 0 saturated carbocycles. The Morgan fingerprint density at radius 3 is 2.38 bits per heavy atom. The van der Waals surface area contributed by atoms with Crippen LogP contribution in [0.5, 0.6) is 0 Å². The molecule has 2 aromatic carbocycles. The molecule has 0 aromatic heterocycles. The molecule has 0 bridgehead atoms. The van der Waals surface area contributed by atoms with Gasteiger partial charge in [0.25, 0.3) is 0 Å². The molecule has 0 unspecified atom stereocenters. The van der Waals surface area contributed by atoms with E-state index in [4.69, 9.17) is 10.5 Å². The van der Waals surface area contributed by atoms with E-state index in [9.17, 15) is 15.3 Å². The van der Waals surface area contributed by atoms with E-state index in [-0.39, 0.29) is 29.3 Å². The summed E-state index contributed by atoms with van der Waals surface area (Å²) in [6.45, 7) is 3.96. The molecule has 0 saturated heterocycles. The largest absolute Gasteiger partial charge is 0.439 e. The molecule has 1 spiro atoms. The number of benzene rings is 2. The lowest BCUT2D eigenvalue weighted by molar-refractivity contribution is -0.120. The number of hydrogen-bond acceptors (Lipinski definition) is 5. The zero-order valence-corrected chi connectivity index (χ0v) is 15.4. The summed E-state index contributed by atoms with van der Waals surface area (Å²) in [5.74, 6) is -0.437. The maximum absolute atomic E-state index is 13.8. The second-order valence-corrected chi connectivity index (χ2v) is 6.61. The number of anilines is 1. The Morgan fingerprint density at radius 2 is 1.72 bits per heavy atom. The maximum Gasteiger partial charge on any atom is 0.248 e. The number of nitrogens with zero attached hydrogens (tertiary/aromatic N) is 3. The summed E-state index contributed by atoms with van der Waals surface area (Å²) < 4.78 is 5.73. The molecule has 2 heterocycles. The minimum atomic E-state index is -1.66. The molecule has 29 heavy (non-hydrogen) atoms. The third-order valence-electron chi connectivity index (χ3n) is 5.17. The van der Waals surface area contributed by atoms with Gasteiger partial charge in [-0.05, 0) is 6.07 Å². The SMILES string of the molecule is C=CCN1C(=O)[C@@]2(C(C#N)=C(N)OC(c3ccccc3)=C2C#N)c2ccccc21. The van der Waals surface area contributed by atoms with Crippen LogP contribution in [-0.4, -0.2) is 12.5 Å². The lowest BCUT2D eigenvalue weighted by atomic mass is 9.68. The van der Waals surface area contributed by atoms with Crippen molar-refractivity contribution in [2.75, 3.05) is 11.4 Å². The van der Waals surface area contributed by atoms with Crippen LogP contribution in [0.1, 0.15) is 11.1 Å². The van der Waals surface area contributed by atoms with E-state index in [1.54, 1.807) is 54.6 Å². The van der Waals surface area contributed by atoms with Crippen molar-refractivity contribution in [1.29, 1.82) is 10.5 Å². The molecular weight excluding hydrogens is 364 g/mol. The van der Waals surface area contributed by atoms with E-state index in [0.717, 1.165) is 0 Å². The minimum Gasteiger partial charge on any atom is -0.439 e. The van der Waals surface area contributed by atoms with Gasteiger partial charge in [0, 0.05) is 23.4 Å². The summed E-state index contributed by atoms with van der Waals surface area (Å²) in [5.41, 5.74) is 6.16. The highest BCUT2D eigenvalue weighted by atomic mass is 16.5. The van der Waals surface area contributed by atoms with Crippen LogP contribution in [0.2, 0.25) is 0 Å². The fourth-order valence-electron chi connectivity index (χ4n) is 4.01. The molecule has 6 nitrogen and oxygen atoms in total. The van der Waals surface area contributed by atoms with E-state index in [0.29, 0.717) is 16.8 Å². The standard InChI is InChI=1S/C23H16N4O2/c1-2-12-27-19-11-7-6-10-16(19)23(22(27)28)17(13-24)20(15-8-4-3-5-9-15)29-21(26)18(23)14-25/h2-11H,1,12,26H2/t23-/m0/s1. The van der Waals surface area contributed by atoms with Crippen LogP contribution in [0.25, 0.3) is 5.76 Å². The predicted octanol–water partition coefficient (Wildman–Crippen LogP) is 3.12. The Morgan fingerprint density at radius 1 is 1.07 bits per heavy atom. The van der Waals surface area contributed by atoms with Crippen molar-refractivity contribution < 1.29 is 9.53 Å². The van der Waals surface area contributed by atoms with E-state index >= 15 is 0 Å². The van der Waals surface area contributed by atoms with E-state index < -0.39 is 11.3 Å². The monoisotopic (exact) mass is 380 g/mol. The quantitative estimate of drug-likeness (QED) is 0.824. The Hall–Kier alpha value is -4.29. The third-order valence-corrected chi connectivity index (χ3v) is 5.17. The Bertz CT molecular complexity index is 1180. The van der Waals surface area contributed by atoms with Gasteiger partial charge in [-0.25, -0.2) is 0 Å². The first-order chi connectivity index (χ1) is 14.1. The van der Waals surface area contributed by atoms with Gasteiger partial charge in [0.1, 0.15) is 17.7 Å². The smallest absolute Gasteiger partial charge is 0.248 e. The number of carbonyl (C=O) groups is 1. The molecule has 1 atom stereocenters. The van der Waals surface area contributed by atoms with Crippen LogP contribution in [0.15, 0.2) is 84.3 Å². The van der Waals surface area contributed by atoms with Gasteiger partial charge in [-0.3, -0.25) is 4.79 Å². The number of nitriles is 2. The molecular formula is C23H16N4O2. The van der Waals surface area contributed by atoms with E-state index in [2.05, 4.69) is 12.6 Å². The summed E-state index contributed by atoms with van der Waals surface area (Å²) in [6.07, 6.45) is 1.60. The molecule has 6 heteroatoms.